The molecule has 0 amide bonds. The average molecular weight is 260 g/mol. The van der Waals surface area contributed by atoms with Crippen LogP contribution in [0.1, 0.15) is 15.9 Å². The van der Waals surface area contributed by atoms with Crippen LogP contribution in [0.4, 0.5) is 10.1 Å². The number of nitrogens with zero attached hydrogens (tertiary/aromatic N) is 2. The predicted molar refractivity (Wildman–Crippen MR) is 69.7 cm³/mol. The quantitative estimate of drug-likeness (QED) is 0.917. The van der Waals surface area contributed by atoms with Gasteiger partial charge in [-0.15, -0.1) is 0 Å². The van der Waals surface area contributed by atoms with E-state index < -0.39 is 11.8 Å². The fourth-order valence-electron chi connectivity index (χ4n) is 1.86. The predicted octanol–water partition coefficient (Wildman–Crippen LogP) is 2.56. The third-order valence-electron chi connectivity index (χ3n) is 2.74. The van der Waals surface area contributed by atoms with Crippen LogP contribution in [0.15, 0.2) is 42.7 Å². The van der Waals surface area contributed by atoms with Crippen molar-refractivity contribution in [3.8, 4) is 0 Å². The number of anilines is 1. The third kappa shape index (κ3) is 3.07. The van der Waals surface area contributed by atoms with E-state index in [4.69, 9.17) is 5.11 Å². The van der Waals surface area contributed by atoms with Gasteiger partial charge in [0.05, 0.1) is 11.3 Å². The van der Waals surface area contributed by atoms with Crippen molar-refractivity contribution in [2.45, 2.75) is 6.54 Å². The molecule has 0 unspecified atom stereocenters. The Balaban J connectivity index is 2.28. The molecule has 0 spiro atoms. The largest absolute Gasteiger partial charge is 0.478 e. The monoisotopic (exact) mass is 260 g/mol. The number of aromatic carboxylic acids is 1. The highest BCUT2D eigenvalue weighted by atomic mass is 19.1. The molecular formula is C14H13FN2O2. The fraction of sp³-hybridized carbons (Fsp3) is 0.143. The Kier molecular flexibility index (Phi) is 3.75. The summed E-state index contributed by atoms with van der Waals surface area (Å²) in [5, 5.41) is 9.10. The smallest absolute Gasteiger partial charge is 0.337 e. The molecule has 1 aromatic heterocycles. The third-order valence-corrected chi connectivity index (χ3v) is 2.74. The summed E-state index contributed by atoms with van der Waals surface area (Å²) < 4.78 is 13.1. The van der Waals surface area contributed by atoms with E-state index in [1.807, 2.05) is 12.1 Å². The molecule has 0 fully saturated rings. The van der Waals surface area contributed by atoms with Crippen LogP contribution >= 0.6 is 0 Å². The van der Waals surface area contributed by atoms with Crippen LogP contribution < -0.4 is 4.90 Å². The van der Waals surface area contributed by atoms with E-state index in [1.165, 1.54) is 12.1 Å². The van der Waals surface area contributed by atoms with Crippen molar-refractivity contribution in [2.24, 2.45) is 0 Å². The van der Waals surface area contributed by atoms with Gasteiger partial charge >= 0.3 is 5.97 Å². The lowest BCUT2D eigenvalue weighted by Gasteiger charge is -2.21. The molecule has 5 heteroatoms. The maximum Gasteiger partial charge on any atom is 0.337 e. The topological polar surface area (TPSA) is 53.4 Å². The van der Waals surface area contributed by atoms with Crippen LogP contribution in [0.25, 0.3) is 0 Å². The number of carboxylic acids is 1. The minimum atomic E-state index is -1.15. The number of pyridine rings is 1. The molecular weight excluding hydrogens is 247 g/mol. The molecule has 0 aliphatic rings. The lowest BCUT2D eigenvalue weighted by Crippen LogP contribution is -2.19. The summed E-state index contributed by atoms with van der Waals surface area (Å²) in [6.07, 6.45) is 3.38. The second-order valence-electron chi connectivity index (χ2n) is 4.18. The minimum absolute atomic E-state index is 0.0496. The van der Waals surface area contributed by atoms with Gasteiger partial charge < -0.3 is 10.0 Å². The van der Waals surface area contributed by atoms with Crippen molar-refractivity contribution in [3.63, 3.8) is 0 Å². The summed E-state index contributed by atoms with van der Waals surface area (Å²) in [6.45, 7) is 0.500. The van der Waals surface area contributed by atoms with E-state index in [-0.39, 0.29) is 5.56 Å². The molecule has 0 aliphatic heterocycles. The molecule has 0 bridgehead atoms. The van der Waals surface area contributed by atoms with Gasteiger partial charge in [0.2, 0.25) is 0 Å². The summed E-state index contributed by atoms with van der Waals surface area (Å²) in [7, 11) is 1.76. The van der Waals surface area contributed by atoms with Gasteiger partial charge in [0.15, 0.2) is 0 Å². The van der Waals surface area contributed by atoms with Crippen LogP contribution in [0.2, 0.25) is 0 Å². The minimum Gasteiger partial charge on any atom is -0.478 e. The summed E-state index contributed by atoms with van der Waals surface area (Å²) in [6, 6.07) is 7.45. The van der Waals surface area contributed by atoms with Crippen molar-refractivity contribution < 1.29 is 14.3 Å². The number of benzene rings is 1. The van der Waals surface area contributed by atoms with Crippen molar-refractivity contribution >= 4 is 11.7 Å². The van der Waals surface area contributed by atoms with Gasteiger partial charge in [0.25, 0.3) is 0 Å². The Morgan fingerprint density at radius 2 is 2.21 bits per heavy atom. The van der Waals surface area contributed by atoms with Gasteiger partial charge in [-0.25, -0.2) is 9.18 Å². The number of aromatic nitrogens is 1. The number of carbonyl (C=O) groups is 1. The van der Waals surface area contributed by atoms with E-state index in [2.05, 4.69) is 4.98 Å². The fourth-order valence-corrected chi connectivity index (χ4v) is 1.86. The first-order valence-corrected chi connectivity index (χ1v) is 5.71. The zero-order valence-corrected chi connectivity index (χ0v) is 10.4. The number of carboxylic acid groups (broad SMARTS) is 1. The molecule has 0 aliphatic carbocycles. The molecule has 98 valence electrons. The van der Waals surface area contributed by atoms with Gasteiger partial charge in [-0.3, -0.25) is 4.98 Å². The Labute approximate surface area is 110 Å². The van der Waals surface area contributed by atoms with Crippen LogP contribution in [-0.2, 0) is 6.54 Å². The maximum atomic E-state index is 13.1. The zero-order valence-electron chi connectivity index (χ0n) is 10.4. The molecule has 4 nitrogen and oxygen atoms in total. The molecule has 1 aromatic carbocycles. The van der Waals surface area contributed by atoms with Crippen molar-refractivity contribution in [1.29, 1.82) is 0 Å². The highest BCUT2D eigenvalue weighted by Gasteiger charge is 2.14. The van der Waals surface area contributed by atoms with Crippen LogP contribution in [0.3, 0.4) is 0 Å². The number of rotatable bonds is 4. The van der Waals surface area contributed by atoms with Crippen molar-refractivity contribution in [2.75, 3.05) is 11.9 Å². The van der Waals surface area contributed by atoms with E-state index in [1.54, 1.807) is 24.3 Å². The van der Waals surface area contributed by atoms with E-state index in [0.29, 0.717) is 12.2 Å². The first kappa shape index (κ1) is 13.0. The molecule has 0 radical (unpaired) electrons. The first-order valence-electron chi connectivity index (χ1n) is 5.71. The standard InChI is InChI=1S/C14H13FN2O2/c1-17(9-10-3-2-6-16-8-10)13-5-4-11(15)7-12(13)14(18)19/h2-8H,9H2,1H3,(H,18,19). The summed E-state index contributed by atoms with van der Waals surface area (Å²) in [4.78, 5) is 16.9. The molecule has 0 saturated heterocycles. The maximum absolute atomic E-state index is 13.1. The zero-order chi connectivity index (χ0) is 13.8. The molecule has 1 N–H and O–H groups in total. The molecule has 19 heavy (non-hydrogen) atoms. The highest BCUT2D eigenvalue weighted by Crippen LogP contribution is 2.22. The van der Waals surface area contributed by atoms with E-state index in [9.17, 15) is 9.18 Å². The van der Waals surface area contributed by atoms with Crippen molar-refractivity contribution in [1.82, 2.24) is 4.98 Å². The van der Waals surface area contributed by atoms with Gasteiger partial charge in [-0.05, 0) is 29.8 Å². The Bertz CT molecular complexity index is 587. The van der Waals surface area contributed by atoms with E-state index >= 15 is 0 Å². The van der Waals surface area contributed by atoms with Gasteiger partial charge in [-0.2, -0.15) is 0 Å². The van der Waals surface area contributed by atoms with Gasteiger partial charge in [0.1, 0.15) is 5.82 Å². The lowest BCUT2D eigenvalue weighted by molar-refractivity contribution is 0.0697. The normalized spacial score (nSPS) is 10.2. The summed E-state index contributed by atoms with van der Waals surface area (Å²) in [5.74, 6) is -1.71. The van der Waals surface area contributed by atoms with Gasteiger partial charge in [-0.1, -0.05) is 6.07 Å². The van der Waals surface area contributed by atoms with Crippen LogP contribution in [0, 0.1) is 5.82 Å². The SMILES string of the molecule is CN(Cc1cccnc1)c1ccc(F)cc1C(=O)O. The molecule has 1 heterocycles. The second kappa shape index (κ2) is 5.48. The molecule has 0 atom stereocenters. The molecule has 2 aromatic rings. The number of hydrogen-bond donors (Lipinski definition) is 1. The van der Waals surface area contributed by atoms with Crippen LogP contribution in [-0.4, -0.2) is 23.1 Å². The summed E-state index contributed by atoms with van der Waals surface area (Å²) in [5.41, 5.74) is 1.37. The highest BCUT2D eigenvalue weighted by molar-refractivity contribution is 5.94. The Morgan fingerprint density at radius 1 is 1.42 bits per heavy atom. The van der Waals surface area contributed by atoms with Crippen molar-refractivity contribution in [3.05, 3.63) is 59.7 Å². The summed E-state index contributed by atoms with van der Waals surface area (Å²) >= 11 is 0. The first-order chi connectivity index (χ1) is 9.08. The average Bonchev–Trinajstić information content (AvgIpc) is 2.39. The molecule has 0 saturated carbocycles. The second-order valence-corrected chi connectivity index (χ2v) is 4.18. The Morgan fingerprint density at radius 3 is 2.84 bits per heavy atom. The van der Waals surface area contributed by atoms with Crippen LogP contribution in [0.5, 0.6) is 0 Å². The number of halogens is 1. The van der Waals surface area contributed by atoms with Gasteiger partial charge in [0, 0.05) is 26.0 Å². The molecule has 2 rings (SSSR count). The lowest BCUT2D eigenvalue weighted by atomic mass is 10.1. The Hall–Kier alpha value is -2.43. The number of hydrogen-bond acceptors (Lipinski definition) is 3. The van der Waals surface area contributed by atoms with E-state index in [0.717, 1.165) is 11.6 Å².